The molecule has 4 nitrogen and oxygen atoms in total. The minimum absolute atomic E-state index is 0. The fourth-order valence-corrected chi connectivity index (χ4v) is 4.04. The van der Waals surface area contributed by atoms with Gasteiger partial charge in [-0.3, -0.25) is 4.99 Å². The Morgan fingerprint density at radius 1 is 1.26 bits per heavy atom. The van der Waals surface area contributed by atoms with E-state index in [0.717, 1.165) is 29.1 Å². The van der Waals surface area contributed by atoms with Gasteiger partial charge in [0.05, 0.1) is 12.2 Å². The zero-order chi connectivity index (χ0) is 15.9. The van der Waals surface area contributed by atoms with Crippen molar-refractivity contribution < 1.29 is 0 Å². The largest absolute Gasteiger partial charge is 0.354 e. The lowest BCUT2D eigenvalue weighted by atomic mass is 9.83. The van der Waals surface area contributed by atoms with Crippen molar-refractivity contribution in [3.63, 3.8) is 0 Å². The first-order chi connectivity index (χ1) is 10.6. The van der Waals surface area contributed by atoms with E-state index in [1.807, 2.05) is 7.05 Å². The zero-order valence-corrected chi connectivity index (χ0v) is 18.0. The molecule has 1 saturated carbocycles. The van der Waals surface area contributed by atoms with Gasteiger partial charge >= 0.3 is 0 Å². The van der Waals surface area contributed by atoms with E-state index in [1.54, 1.807) is 11.3 Å². The Kier molecular flexibility index (Phi) is 9.43. The van der Waals surface area contributed by atoms with Crippen LogP contribution in [-0.4, -0.2) is 24.0 Å². The van der Waals surface area contributed by atoms with E-state index in [4.69, 9.17) is 0 Å². The third-order valence-corrected chi connectivity index (χ3v) is 5.66. The topological polar surface area (TPSA) is 49.3 Å². The molecule has 0 amide bonds. The Bertz CT molecular complexity index is 473. The second-order valence-corrected chi connectivity index (χ2v) is 7.61. The third kappa shape index (κ3) is 6.57. The van der Waals surface area contributed by atoms with E-state index in [2.05, 4.69) is 41.4 Å². The predicted octanol–water partition coefficient (Wildman–Crippen LogP) is 4.40. The normalized spacial score (nSPS) is 21.7. The molecule has 132 valence electrons. The number of thiazole rings is 1. The number of nitrogens with zero attached hydrogens (tertiary/aromatic N) is 2. The molecular weight excluding hydrogens is 419 g/mol. The van der Waals surface area contributed by atoms with Gasteiger partial charge in [0, 0.05) is 18.0 Å². The van der Waals surface area contributed by atoms with Crippen LogP contribution in [0.4, 0.5) is 0 Å². The van der Waals surface area contributed by atoms with Gasteiger partial charge in [0.15, 0.2) is 5.96 Å². The van der Waals surface area contributed by atoms with Crippen LogP contribution >= 0.6 is 35.3 Å². The van der Waals surface area contributed by atoms with Crippen molar-refractivity contribution in [2.75, 3.05) is 7.05 Å². The number of aliphatic imine (C=N–C) groups is 1. The summed E-state index contributed by atoms with van der Waals surface area (Å²) >= 11 is 1.76. The number of guanidine groups is 1. The van der Waals surface area contributed by atoms with Gasteiger partial charge in [-0.1, -0.05) is 19.8 Å². The fraction of sp³-hybridized carbons (Fsp3) is 0.765. The number of hydrogen-bond acceptors (Lipinski definition) is 3. The van der Waals surface area contributed by atoms with Crippen LogP contribution in [-0.2, 0) is 6.54 Å². The minimum Gasteiger partial charge on any atom is -0.354 e. The predicted molar refractivity (Wildman–Crippen MR) is 111 cm³/mol. The first-order valence-electron chi connectivity index (χ1n) is 8.52. The molecule has 0 unspecified atom stereocenters. The van der Waals surface area contributed by atoms with Gasteiger partial charge in [-0.05, 0) is 45.4 Å². The van der Waals surface area contributed by atoms with E-state index < -0.39 is 0 Å². The van der Waals surface area contributed by atoms with E-state index >= 15 is 0 Å². The van der Waals surface area contributed by atoms with E-state index in [1.165, 1.54) is 43.4 Å². The van der Waals surface area contributed by atoms with Crippen LogP contribution in [0.25, 0.3) is 0 Å². The summed E-state index contributed by atoms with van der Waals surface area (Å²) < 4.78 is 0. The maximum atomic E-state index is 4.57. The Morgan fingerprint density at radius 2 is 1.96 bits per heavy atom. The number of nitrogens with one attached hydrogen (secondary N) is 2. The number of halogens is 1. The Hall–Kier alpha value is -0.370. The van der Waals surface area contributed by atoms with Gasteiger partial charge in [-0.25, -0.2) is 4.98 Å². The van der Waals surface area contributed by atoms with Crippen molar-refractivity contribution in [1.82, 2.24) is 15.6 Å². The van der Waals surface area contributed by atoms with Gasteiger partial charge in [0.2, 0.25) is 0 Å². The minimum atomic E-state index is 0. The van der Waals surface area contributed by atoms with Crippen LogP contribution in [0.15, 0.2) is 4.99 Å². The molecule has 0 spiro atoms. The zero-order valence-electron chi connectivity index (χ0n) is 14.8. The molecule has 0 bridgehead atoms. The van der Waals surface area contributed by atoms with Crippen LogP contribution in [0.1, 0.15) is 61.0 Å². The van der Waals surface area contributed by atoms with E-state index in [-0.39, 0.29) is 24.0 Å². The second-order valence-electron chi connectivity index (χ2n) is 6.33. The second kappa shape index (κ2) is 10.5. The van der Waals surface area contributed by atoms with Crippen molar-refractivity contribution in [3.05, 3.63) is 15.6 Å². The molecule has 0 aromatic carbocycles. The van der Waals surface area contributed by atoms with E-state index in [9.17, 15) is 0 Å². The van der Waals surface area contributed by atoms with Gasteiger partial charge in [0.25, 0.3) is 0 Å². The van der Waals surface area contributed by atoms with Gasteiger partial charge in [0.1, 0.15) is 5.01 Å². The summed E-state index contributed by atoms with van der Waals surface area (Å²) in [6, 6.07) is 0.569. The highest BCUT2D eigenvalue weighted by Crippen LogP contribution is 2.27. The average molecular weight is 450 g/mol. The number of aryl methyl sites for hydroxylation is 2. The van der Waals surface area contributed by atoms with Gasteiger partial charge < -0.3 is 10.6 Å². The molecule has 6 heteroatoms. The van der Waals surface area contributed by atoms with Crippen LogP contribution in [0, 0.1) is 19.8 Å². The molecule has 2 rings (SSSR count). The lowest BCUT2D eigenvalue weighted by molar-refractivity contribution is 0.295. The summed E-state index contributed by atoms with van der Waals surface area (Å²) in [7, 11) is 1.84. The van der Waals surface area contributed by atoms with Crippen LogP contribution in [0.5, 0.6) is 0 Å². The lowest BCUT2D eigenvalue weighted by Gasteiger charge is -2.30. The Labute approximate surface area is 162 Å². The summed E-state index contributed by atoms with van der Waals surface area (Å²) in [5.41, 5.74) is 1.14. The average Bonchev–Trinajstić information content (AvgIpc) is 2.84. The molecular formula is C17H31IN4S. The standard InChI is InChI=1S/C17H30N4S.HI/c1-5-6-14-7-9-15(10-8-14)21-17(18-4)19-11-16-20-12(2)13(3)22-16;/h14-15H,5-11H2,1-4H3,(H2,18,19,21);1H. The van der Waals surface area contributed by atoms with Crippen molar-refractivity contribution in [3.8, 4) is 0 Å². The van der Waals surface area contributed by atoms with Crippen molar-refractivity contribution in [2.45, 2.75) is 71.9 Å². The lowest BCUT2D eigenvalue weighted by Crippen LogP contribution is -2.44. The summed E-state index contributed by atoms with van der Waals surface area (Å²) in [5.74, 6) is 1.85. The molecule has 2 N–H and O–H groups in total. The van der Waals surface area contributed by atoms with Crippen LogP contribution in [0.2, 0.25) is 0 Å². The van der Waals surface area contributed by atoms with Crippen molar-refractivity contribution in [2.24, 2.45) is 10.9 Å². The van der Waals surface area contributed by atoms with Gasteiger partial charge in [-0.15, -0.1) is 35.3 Å². The molecule has 0 atom stereocenters. The summed E-state index contributed by atoms with van der Waals surface area (Å²) in [6.07, 6.45) is 7.95. The Morgan fingerprint density at radius 3 is 2.48 bits per heavy atom. The fourth-order valence-electron chi connectivity index (χ4n) is 3.17. The third-order valence-electron chi connectivity index (χ3n) is 4.59. The van der Waals surface area contributed by atoms with Gasteiger partial charge in [-0.2, -0.15) is 0 Å². The Balaban J connectivity index is 0.00000264. The highest BCUT2D eigenvalue weighted by molar-refractivity contribution is 14.0. The molecule has 1 heterocycles. The summed E-state index contributed by atoms with van der Waals surface area (Å²) in [6.45, 7) is 7.23. The van der Waals surface area contributed by atoms with Crippen molar-refractivity contribution >= 4 is 41.3 Å². The maximum Gasteiger partial charge on any atom is 0.191 e. The number of aromatic nitrogens is 1. The molecule has 1 fully saturated rings. The summed E-state index contributed by atoms with van der Waals surface area (Å²) in [5, 5.41) is 8.10. The molecule has 0 saturated heterocycles. The summed E-state index contributed by atoms with van der Waals surface area (Å²) in [4.78, 5) is 10.2. The molecule has 1 aliphatic rings. The highest BCUT2D eigenvalue weighted by Gasteiger charge is 2.21. The van der Waals surface area contributed by atoms with Crippen LogP contribution in [0.3, 0.4) is 0 Å². The molecule has 0 radical (unpaired) electrons. The molecule has 1 aromatic rings. The molecule has 1 aromatic heterocycles. The quantitative estimate of drug-likeness (QED) is 0.397. The number of hydrogen-bond donors (Lipinski definition) is 2. The first-order valence-corrected chi connectivity index (χ1v) is 9.34. The van der Waals surface area contributed by atoms with Crippen molar-refractivity contribution in [1.29, 1.82) is 0 Å². The molecule has 0 aliphatic heterocycles. The first kappa shape index (κ1) is 20.7. The van der Waals surface area contributed by atoms with E-state index in [0.29, 0.717) is 6.04 Å². The highest BCUT2D eigenvalue weighted by atomic mass is 127. The monoisotopic (exact) mass is 450 g/mol. The van der Waals surface area contributed by atoms with Crippen LogP contribution < -0.4 is 10.6 Å². The smallest absolute Gasteiger partial charge is 0.191 e. The molecule has 1 aliphatic carbocycles. The maximum absolute atomic E-state index is 4.57. The number of rotatable bonds is 5. The molecule has 23 heavy (non-hydrogen) atoms. The SMILES string of the molecule is CCCC1CCC(NC(=NC)NCc2nc(C)c(C)s2)CC1.I.